The molecule has 0 aromatic rings. The minimum absolute atomic E-state index is 0.261. The van der Waals surface area contributed by atoms with Crippen LogP contribution in [0.5, 0.6) is 0 Å². The topological polar surface area (TPSA) is 72.8 Å². The number of rotatable bonds is 6. The average Bonchev–Trinajstić information content (AvgIpc) is 2.82. The second-order valence-corrected chi connectivity index (χ2v) is 6.70. The Kier molecular flexibility index (Phi) is 5.81. The summed E-state index contributed by atoms with van der Waals surface area (Å²) in [6.07, 6.45) is 6.28. The lowest BCUT2D eigenvalue weighted by Gasteiger charge is -2.29. The molecule has 5 nitrogen and oxygen atoms in total. The summed E-state index contributed by atoms with van der Waals surface area (Å²) >= 11 is 0. The molecule has 1 fully saturated rings. The van der Waals surface area contributed by atoms with Gasteiger partial charge in [0.05, 0.1) is 24.7 Å². The zero-order chi connectivity index (χ0) is 16.1. The van der Waals surface area contributed by atoms with Crippen molar-refractivity contribution in [2.75, 3.05) is 7.11 Å². The van der Waals surface area contributed by atoms with E-state index >= 15 is 0 Å². The predicted octanol–water partition coefficient (Wildman–Crippen LogP) is 3.14. The largest absolute Gasteiger partial charge is 0.505 e. The lowest BCUT2D eigenvalue weighted by molar-refractivity contribution is -0.161. The smallest absolute Gasteiger partial charge is 0.313 e. The summed E-state index contributed by atoms with van der Waals surface area (Å²) in [4.78, 5) is 23.9. The molecular weight excluding hydrogens is 272 g/mol. The first-order chi connectivity index (χ1) is 9.70. The van der Waals surface area contributed by atoms with Crippen LogP contribution in [-0.2, 0) is 19.1 Å². The molecule has 5 heteroatoms. The van der Waals surface area contributed by atoms with Gasteiger partial charge in [-0.15, -0.1) is 0 Å². The SMILES string of the molecule is CO/C=C/C(CC1(C(=O)O)CCCC1)C(=O)OC(C)(C)C. The minimum atomic E-state index is -0.820. The summed E-state index contributed by atoms with van der Waals surface area (Å²) in [7, 11) is 1.49. The Bertz CT molecular complexity index is 399. The Labute approximate surface area is 126 Å². The maximum Gasteiger partial charge on any atom is 0.313 e. The maximum atomic E-state index is 12.3. The van der Waals surface area contributed by atoms with Gasteiger partial charge in [0.1, 0.15) is 5.60 Å². The molecule has 0 aromatic heterocycles. The second kappa shape index (κ2) is 6.96. The van der Waals surface area contributed by atoms with Gasteiger partial charge in [-0.3, -0.25) is 9.59 Å². The second-order valence-electron chi connectivity index (χ2n) is 6.70. The van der Waals surface area contributed by atoms with E-state index in [9.17, 15) is 14.7 Å². The minimum Gasteiger partial charge on any atom is -0.505 e. The highest BCUT2D eigenvalue weighted by Crippen LogP contribution is 2.44. The molecule has 0 radical (unpaired) electrons. The molecule has 0 amide bonds. The van der Waals surface area contributed by atoms with Crippen molar-refractivity contribution in [2.24, 2.45) is 11.3 Å². The highest BCUT2D eigenvalue weighted by atomic mass is 16.6. The third kappa shape index (κ3) is 5.06. The van der Waals surface area contributed by atoms with Gasteiger partial charge in [-0.2, -0.15) is 0 Å². The van der Waals surface area contributed by atoms with Crippen LogP contribution in [0.25, 0.3) is 0 Å². The number of carboxylic acid groups (broad SMARTS) is 1. The standard InChI is InChI=1S/C16H26O5/c1-15(2,3)21-13(17)12(7-10-20-4)11-16(14(18)19)8-5-6-9-16/h7,10,12H,5-6,8-9,11H2,1-4H3,(H,18,19)/b10-7+. The van der Waals surface area contributed by atoms with E-state index in [4.69, 9.17) is 9.47 Å². The lowest BCUT2D eigenvalue weighted by atomic mass is 9.77. The van der Waals surface area contributed by atoms with Gasteiger partial charge in [0.15, 0.2) is 0 Å². The van der Waals surface area contributed by atoms with E-state index in [2.05, 4.69) is 0 Å². The van der Waals surface area contributed by atoms with Gasteiger partial charge in [0.25, 0.3) is 0 Å². The van der Waals surface area contributed by atoms with Crippen LogP contribution < -0.4 is 0 Å². The van der Waals surface area contributed by atoms with E-state index in [1.165, 1.54) is 13.4 Å². The molecule has 1 saturated carbocycles. The third-order valence-electron chi connectivity index (χ3n) is 3.78. The molecule has 0 saturated heterocycles. The van der Waals surface area contributed by atoms with E-state index in [0.717, 1.165) is 12.8 Å². The van der Waals surface area contributed by atoms with Crippen molar-refractivity contribution in [2.45, 2.75) is 58.5 Å². The van der Waals surface area contributed by atoms with Crippen molar-refractivity contribution in [3.8, 4) is 0 Å². The molecule has 120 valence electrons. The molecular formula is C16H26O5. The molecule has 0 heterocycles. The molecule has 21 heavy (non-hydrogen) atoms. The average molecular weight is 298 g/mol. The number of aliphatic carboxylic acids is 1. The Hall–Kier alpha value is -1.52. The van der Waals surface area contributed by atoms with Gasteiger partial charge in [-0.05, 0) is 46.1 Å². The van der Waals surface area contributed by atoms with Crippen LogP contribution in [0.2, 0.25) is 0 Å². The van der Waals surface area contributed by atoms with E-state index in [1.54, 1.807) is 26.8 Å². The zero-order valence-corrected chi connectivity index (χ0v) is 13.3. The fourth-order valence-electron chi connectivity index (χ4n) is 2.76. The number of carboxylic acids is 1. The van der Waals surface area contributed by atoms with Crippen molar-refractivity contribution in [3.63, 3.8) is 0 Å². The van der Waals surface area contributed by atoms with Crippen LogP contribution in [0.3, 0.4) is 0 Å². The number of hydrogen-bond donors (Lipinski definition) is 1. The summed E-state index contributed by atoms with van der Waals surface area (Å²) in [6, 6.07) is 0. The molecule has 1 rings (SSSR count). The Balaban J connectivity index is 2.89. The van der Waals surface area contributed by atoms with Crippen molar-refractivity contribution in [1.29, 1.82) is 0 Å². The zero-order valence-electron chi connectivity index (χ0n) is 13.3. The molecule has 1 aliphatic carbocycles. The fourth-order valence-corrected chi connectivity index (χ4v) is 2.76. The van der Waals surface area contributed by atoms with Crippen LogP contribution in [0.4, 0.5) is 0 Å². The first-order valence-corrected chi connectivity index (χ1v) is 7.36. The molecule has 0 bridgehead atoms. The summed E-state index contributed by atoms with van der Waals surface area (Å²) in [5.41, 5.74) is -1.41. The highest BCUT2D eigenvalue weighted by molar-refractivity contribution is 5.79. The van der Waals surface area contributed by atoms with E-state index in [1.807, 2.05) is 0 Å². The molecule has 1 N–H and O–H groups in total. The van der Waals surface area contributed by atoms with E-state index < -0.39 is 28.9 Å². The molecule has 0 aliphatic heterocycles. The summed E-state index contributed by atoms with van der Waals surface area (Å²) in [6.45, 7) is 5.39. The number of carbonyl (C=O) groups is 2. The normalized spacial score (nSPS) is 19.4. The van der Waals surface area contributed by atoms with Gasteiger partial charge in [0.2, 0.25) is 0 Å². The third-order valence-corrected chi connectivity index (χ3v) is 3.78. The number of ether oxygens (including phenoxy) is 2. The first kappa shape index (κ1) is 17.5. The number of esters is 1. The monoisotopic (exact) mass is 298 g/mol. The molecule has 0 spiro atoms. The van der Waals surface area contributed by atoms with Gasteiger partial charge < -0.3 is 14.6 Å². The summed E-state index contributed by atoms with van der Waals surface area (Å²) in [5, 5.41) is 9.54. The molecule has 0 aromatic carbocycles. The lowest BCUT2D eigenvalue weighted by Crippen LogP contribution is -2.35. The van der Waals surface area contributed by atoms with Crippen molar-refractivity contribution in [3.05, 3.63) is 12.3 Å². The van der Waals surface area contributed by atoms with E-state index in [0.29, 0.717) is 12.8 Å². The predicted molar refractivity (Wildman–Crippen MR) is 78.6 cm³/mol. The van der Waals surface area contributed by atoms with Gasteiger partial charge in [-0.1, -0.05) is 12.8 Å². The van der Waals surface area contributed by atoms with Gasteiger partial charge in [-0.25, -0.2) is 0 Å². The van der Waals surface area contributed by atoms with E-state index in [-0.39, 0.29) is 6.42 Å². The molecule has 1 aliphatic rings. The first-order valence-electron chi connectivity index (χ1n) is 7.36. The van der Waals surface area contributed by atoms with Crippen molar-refractivity contribution >= 4 is 11.9 Å². The van der Waals surface area contributed by atoms with Crippen LogP contribution in [0.1, 0.15) is 52.9 Å². The molecule has 1 unspecified atom stereocenters. The number of methoxy groups -OCH3 is 1. The number of hydrogen-bond acceptors (Lipinski definition) is 4. The van der Waals surface area contributed by atoms with Crippen molar-refractivity contribution < 1.29 is 24.2 Å². The van der Waals surface area contributed by atoms with Crippen LogP contribution in [-0.4, -0.2) is 29.8 Å². The highest BCUT2D eigenvalue weighted by Gasteiger charge is 2.44. The number of carbonyl (C=O) groups excluding carboxylic acids is 1. The maximum absolute atomic E-state index is 12.3. The Morgan fingerprint density at radius 1 is 1.29 bits per heavy atom. The summed E-state index contributed by atoms with van der Waals surface area (Å²) < 4.78 is 10.3. The Morgan fingerprint density at radius 3 is 2.29 bits per heavy atom. The van der Waals surface area contributed by atoms with Gasteiger partial charge in [0, 0.05) is 0 Å². The van der Waals surface area contributed by atoms with Crippen molar-refractivity contribution in [1.82, 2.24) is 0 Å². The Morgan fingerprint density at radius 2 is 1.86 bits per heavy atom. The van der Waals surface area contributed by atoms with Crippen LogP contribution in [0, 0.1) is 11.3 Å². The van der Waals surface area contributed by atoms with Gasteiger partial charge >= 0.3 is 11.9 Å². The molecule has 1 atom stereocenters. The quantitative estimate of drug-likeness (QED) is 0.602. The van der Waals surface area contributed by atoms with Crippen LogP contribution in [0.15, 0.2) is 12.3 Å². The summed E-state index contributed by atoms with van der Waals surface area (Å²) in [5.74, 6) is -1.82. The van der Waals surface area contributed by atoms with Crippen LogP contribution >= 0.6 is 0 Å². The fraction of sp³-hybridized carbons (Fsp3) is 0.750.